The molecule has 0 saturated carbocycles. The highest BCUT2D eigenvalue weighted by Gasteiger charge is 2.29. The van der Waals surface area contributed by atoms with Crippen molar-refractivity contribution in [3.63, 3.8) is 0 Å². The second-order valence-electron chi connectivity index (χ2n) is 7.95. The maximum Gasteiger partial charge on any atom is 0.411 e. The van der Waals surface area contributed by atoms with Gasteiger partial charge in [-0.3, -0.25) is 4.79 Å². The molecule has 2 atom stereocenters. The lowest BCUT2D eigenvalue weighted by molar-refractivity contribution is -0.176. The van der Waals surface area contributed by atoms with Crippen LogP contribution >= 0.6 is 0 Å². The zero-order valence-electron chi connectivity index (χ0n) is 17.8. The smallest absolute Gasteiger partial charge is 0.411 e. The fraction of sp³-hybridized carbons (Fsp3) is 0.524. The third-order valence-corrected chi connectivity index (χ3v) is 5.22. The molecule has 1 N–H and O–H groups in total. The number of rotatable bonds is 9. The number of hydrogen-bond donors (Lipinski definition) is 1. The number of alkyl halides is 5. The first-order valence-corrected chi connectivity index (χ1v) is 10.5. The van der Waals surface area contributed by atoms with Gasteiger partial charge in [0, 0.05) is 12.5 Å². The zero-order chi connectivity index (χ0) is 24.3. The quantitative estimate of drug-likeness (QED) is 0.543. The number of halogens is 5. The SMILES string of the molecule is O=C(N[C@H]1COc2ccc(COCC(F)(F)F)cc2C1)c1cc2n(n1)C[C@@H](CCOC(F)F)O2. The molecule has 0 fully saturated rings. The third kappa shape index (κ3) is 6.35. The van der Waals surface area contributed by atoms with Gasteiger partial charge in [0.05, 0.1) is 25.8 Å². The molecule has 1 amide bonds. The summed E-state index contributed by atoms with van der Waals surface area (Å²) in [6.07, 6.45) is -4.08. The van der Waals surface area contributed by atoms with Crippen LogP contribution in [-0.2, 0) is 29.0 Å². The molecule has 2 aliphatic rings. The van der Waals surface area contributed by atoms with E-state index in [0.29, 0.717) is 30.2 Å². The summed E-state index contributed by atoms with van der Waals surface area (Å²) in [5, 5.41) is 7.03. The summed E-state index contributed by atoms with van der Waals surface area (Å²) >= 11 is 0. The number of carbonyl (C=O) groups excluding carboxylic acids is 1. The predicted molar refractivity (Wildman–Crippen MR) is 106 cm³/mol. The lowest BCUT2D eigenvalue weighted by Crippen LogP contribution is -2.43. The van der Waals surface area contributed by atoms with Crippen LogP contribution < -0.4 is 14.8 Å². The fourth-order valence-electron chi connectivity index (χ4n) is 3.75. The minimum Gasteiger partial charge on any atom is -0.491 e. The van der Waals surface area contributed by atoms with Gasteiger partial charge in [-0.2, -0.15) is 27.1 Å². The molecule has 13 heteroatoms. The maximum atomic E-state index is 12.6. The number of hydrogen-bond acceptors (Lipinski definition) is 6. The molecule has 0 saturated heterocycles. The predicted octanol–water partition coefficient (Wildman–Crippen LogP) is 3.09. The summed E-state index contributed by atoms with van der Waals surface area (Å²) in [5.41, 5.74) is 1.45. The Labute approximate surface area is 190 Å². The van der Waals surface area contributed by atoms with Gasteiger partial charge in [-0.1, -0.05) is 6.07 Å². The summed E-state index contributed by atoms with van der Waals surface area (Å²) in [4.78, 5) is 12.6. The first kappa shape index (κ1) is 24.2. The lowest BCUT2D eigenvalue weighted by atomic mass is 10.0. The van der Waals surface area contributed by atoms with E-state index in [-0.39, 0.29) is 44.1 Å². The zero-order valence-corrected chi connectivity index (χ0v) is 17.8. The van der Waals surface area contributed by atoms with Crippen molar-refractivity contribution in [2.45, 2.75) is 50.9 Å². The van der Waals surface area contributed by atoms with Crippen LogP contribution in [-0.4, -0.2) is 60.4 Å². The second kappa shape index (κ2) is 10.1. The van der Waals surface area contributed by atoms with Crippen LogP contribution in [0.25, 0.3) is 0 Å². The van der Waals surface area contributed by atoms with E-state index < -0.39 is 25.3 Å². The van der Waals surface area contributed by atoms with E-state index in [1.165, 1.54) is 10.7 Å². The fourth-order valence-corrected chi connectivity index (χ4v) is 3.75. The van der Waals surface area contributed by atoms with Gasteiger partial charge in [0.1, 0.15) is 25.1 Å². The largest absolute Gasteiger partial charge is 0.491 e. The van der Waals surface area contributed by atoms with Crippen LogP contribution in [0.3, 0.4) is 0 Å². The van der Waals surface area contributed by atoms with E-state index in [1.54, 1.807) is 18.2 Å². The summed E-state index contributed by atoms with van der Waals surface area (Å²) in [7, 11) is 0. The number of amides is 1. The molecule has 8 nitrogen and oxygen atoms in total. The first-order chi connectivity index (χ1) is 16.2. The average Bonchev–Trinajstić information content (AvgIpc) is 3.31. The monoisotopic (exact) mass is 491 g/mol. The molecule has 0 radical (unpaired) electrons. The van der Waals surface area contributed by atoms with E-state index in [0.717, 1.165) is 5.56 Å². The highest BCUT2D eigenvalue weighted by atomic mass is 19.4. The molecule has 4 rings (SSSR count). The molecular formula is C21H22F5N3O5. The van der Waals surface area contributed by atoms with Crippen LogP contribution in [0.4, 0.5) is 22.0 Å². The minimum atomic E-state index is -4.39. The van der Waals surface area contributed by atoms with Crippen molar-refractivity contribution in [1.82, 2.24) is 15.1 Å². The van der Waals surface area contributed by atoms with Crippen molar-refractivity contribution in [3.05, 3.63) is 41.1 Å². The number of nitrogens with zero attached hydrogens (tertiary/aromatic N) is 2. The van der Waals surface area contributed by atoms with E-state index >= 15 is 0 Å². The number of ether oxygens (including phenoxy) is 4. The highest BCUT2D eigenvalue weighted by molar-refractivity contribution is 5.92. The number of carbonyl (C=O) groups is 1. The normalized spacial score (nSPS) is 19.4. The molecule has 0 unspecified atom stereocenters. The first-order valence-electron chi connectivity index (χ1n) is 10.5. The van der Waals surface area contributed by atoms with Gasteiger partial charge >= 0.3 is 12.8 Å². The molecule has 2 aliphatic heterocycles. The number of nitrogens with one attached hydrogen (secondary N) is 1. The summed E-state index contributed by atoms with van der Waals surface area (Å²) in [5.74, 6) is 0.520. The Morgan fingerprint density at radius 3 is 2.85 bits per heavy atom. The minimum absolute atomic E-state index is 0.136. The Bertz CT molecular complexity index is 990. The van der Waals surface area contributed by atoms with E-state index in [9.17, 15) is 26.7 Å². The van der Waals surface area contributed by atoms with Crippen molar-refractivity contribution < 1.29 is 45.7 Å². The van der Waals surface area contributed by atoms with Gasteiger partial charge in [-0.05, 0) is 29.7 Å². The molecule has 186 valence electrons. The van der Waals surface area contributed by atoms with Gasteiger partial charge < -0.3 is 24.3 Å². The number of fused-ring (bicyclic) bond motifs is 2. The number of aromatic nitrogens is 2. The van der Waals surface area contributed by atoms with Crippen LogP contribution in [0.15, 0.2) is 24.3 Å². The van der Waals surface area contributed by atoms with Crippen LogP contribution in [0, 0.1) is 0 Å². The molecular weight excluding hydrogens is 469 g/mol. The van der Waals surface area contributed by atoms with Crippen LogP contribution in [0.1, 0.15) is 28.0 Å². The molecule has 3 heterocycles. The van der Waals surface area contributed by atoms with E-state index in [4.69, 9.17) is 14.2 Å². The lowest BCUT2D eigenvalue weighted by Gasteiger charge is -2.26. The summed E-state index contributed by atoms with van der Waals surface area (Å²) < 4.78 is 82.6. The van der Waals surface area contributed by atoms with Gasteiger partial charge in [0.2, 0.25) is 5.88 Å². The van der Waals surface area contributed by atoms with Gasteiger partial charge in [0.25, 0.3) is 5.91 Å². The van der Waals surface area contributed by atoms with Crippen LogP contribution in [0.2, 0.25) is 0 Å². The van der Waals surface area contributed by atoms with E-state index in [2.05, 4.69) is 15.2 Å². The summed E-state index contributed by atoms with van der Waals surface area (Å²) in [6, 6.07) is 6.09. The standard InChI is InChI=1S/C21H22F5N3O5/c22-20(23)32-4-3-15-8-29-18(34-15)7-16(28-29)19(30)27-14-6-13-5-12(1-2-17(13)33-10-14)9-31-11-21(24,25)26/h1-2,5,7,14-15,20H,3-4,6,8-11H2,(H,27,30)/t14-,15-/m1/s1. The van der Waals surface area contributed by atoms with Crippen molar-refractivity contribution >= 4 is 5.91 Å². The van der Waals surface area contributed by atoms with Crippen molar-refractivity contribution in [2.75, 3.05) is 19.8 Å². The Morgan fingerprint density at radius 1 is 1.29 bits per heavy atom. The molecule has 1 aromatic carbocycles. The van der Waals surface area contributed by atoms with Gasteiger partial charge in [-0.15, -0.1) is 0 Å². The number of benzene rings is 1. The van der Waals surface area contributed by atoms with Crippen molar-refractivity contribution in [1.29, 1.82) is 0 Å². The molecule has 0 spiro atoms. The molecule has 2 aromatic rings. The maximum absolute atomic E-state index is 12.6. The van der Waals surface area contributed by atoms with Gasteiger partial charge in [0.15, 0.2) is 5.69 Å². The van der Waals surface area contributed by atoms with Crippen LogP contribution in [0.5, 0.6) is 11.6 Å². The Kier molecular flexibility index (Phi) is 7.22. The second-order valence-corrected chi connectivity index (χ2v) is 7.95. The van der Waals surface area contributed by atoms with Crippen molar-refractivity contribution in [2.24, 2.45) is 0 Å². The molecule has 34 heavy (non-hydrogen) atoms. The van der Waals surface area contributed by atoms with E-state index in [1.807, 2.05) is 0 Å². The Hall–Kier alpha value is -2.93. The Morgan fingerprint density at radius 2 is 2.12 bits per heavy atom. The topological polar surface area (TPSA) is 83.8 Å². The summed E-state index contributed by atoms with van der Waals surface area (Å²) in [6.45, 7) is -3.98. The molecule has 0 bridgehead atoms. The molecule has 1 aromatic heterocycles. The van der Waals surface area contributed by atoms with Gasteiger partial charge in [-0.25, -0.2) is 4.68 Å². The molecule has 0 aliphatic carbocycles. The third-order valence-electron chi connectivity index (χ3n) is 5.22. The average molecular weight is 491 g/mol. The van der Waals surface area contributed by atoms with Crippen molar-refractivity contribution in [3.8, 4) is 11.6 Å². The highest BCUT2D eigenvalue weighted by Crippen LogP contribution is 2.28. The Balaban J connectivity index is 1.28.